The molecule has 0 bridgehead atoms. The van der Waals surface area contributed by atoms with Gasteiger partial charge in [-0.2, -0.15) is 0 Å². The minimum atomic E-state index is 0.320. The Morgan fingerprint density at radius 3 is 2.12 bits per heavy atom. The first-order valence-electron chi connectivity index (χ1n) is 12.7. The molecule has 0 radical (unpaired) electrons. The van der Waals surface area contributed by atoms with Crippen LogP contribution in [0.1, 0.15) is 37.4 Å². The van der Waals surface area contributed by atoms with Gasteiger partial charge in [0.1, 0.15) is 0 Å². The Balaban J connectivity index is 1.19. The van der Waals surface area contributed by atoms with Crippen molar-refractivity contribution in [2.24, 2.45) is 11.8 Å². The van der Waals surface area contributed by atoms with E-state index >= 15 is 0 Å². The number of carbonyl (C=O) groups is 1. The van der Waals surface area contributed by atoms with Gasteiger partial charge < -0.3 is 15.1 Å². The molecule has 2 heterocycles. The van der Waals surface area contributed by atoms with Crippen LogP contribution in [-0.4, -0.2) is 78.5 Å². The Labute approximate surface area is 198 Å². The summed E-state index contributed by atoms with van der Waals surface area (Å²) in [7, 11) is 0. The molecule has 1 saturated carbocycles. The van der Waals surface area contributed by atoms with Crippen LogP contribution >= 0.6 is 0 Å². The van der Waals surface area contributed by atoms with Gasteiger partial charge in [-0.1, -0.05) is 60.7 Å². The Morgan fingerprint density at radius 1 is 0.939 bits per heavy atom. The van der Waals surface area contributed by atoms with Crippen molar-refractivity contribution in [3.63, 3.8) is 0 Å². The Bertz CT molecular complexity index is 859. The number of nitrogens with one attached hydrogen (secondary N) is 1. The highest BCUT2D eigenvalue weighted by molar-refractivity contribution is 5.49. The van der Waals surface area contributed by atoms with Crippen LogP contribution in [-0.2, 0) is 4.79 Å². The Morgan fingerprint density at radius 2 is 1.55 bits per heavy atom. The molecule has 0 aromatic heterocycles. The van der Waals surface area contributed by atoms with Crippen LogP contribution in [0.5, 0.6) is 0 Å². The fourth-order valence-corrected chi connectivity index (χ4v) is 6.38. The largest absolute Gasteiger partial charge is 0.339 e. The van der Waals surface area contributed by atoms with E-state index in [9.17, 15) is 4.79 Å². The minimum Gasteiger partial charge on any atom is -0.339 e. The van der Waals surface area contributed by atoms with E-state index in [1.165, 1.54) is 24.1 Å². The van der Waals surface area contributed by atoms with Gasteiger partial charge in [0, 0.05) is 57.4 Å². The smallest absolute Gasteiger partial charge is 0.210 e. The van der Waals surface area contributed by atoms with E-state index in [1.807, 2.05) is 0 Å². The van der Waals surface area contributed by atoms with E-state index in [0.29, 0.717) is 30.1 Å². The number of amides is 1. The molecule has 1 amide bonds. The van der Waals surface area contributed by atoms with Crippen LogP contribution in [0.2, 0.25) is 0 Å². The number of benzene rings is 2. The SMILES string of the molecule is CC1CN(C=O)C(C2CC2CN2CCN(C(c3ccccc3)c3ccccc3)CC2)C(C)N1. The third-order valence-electron chi connectivity index (χ3n) is 7.97. The summed E-state index contributed by atoms with van der Waals surface area (Å²) in [6.07, 6.45) is 2.34. The predicted octanol–water partition coefficient (Wildman–Crippen LogP) is 3.24. The zero-order valence-corrected chi connectivity index (χ0v) is 20.0. The molecule has 5 unspecified atom stereocenters. The molecule has 5 atom stereocenters. The third kappa shape index (κ3) is 5.01. The second-order valence-electron chi connectivity index (χ2n) is 10.4. The quantitative estimate of drug-likeness (QED) is 0.663. The van der Waals surface area contributed by atoms with E-state index in [4.69, 9.17) is 0 Å². The van der Waals surface area contributed by atoms with Crippen molar-refractivity contribution in [1.82, 2.24) is 20.0 Å². The third-order valence-corrected chi connectivity index (χ3v) is 7.97. The van der Waals surface area contributed by atoms with Crippen molar-refractivity contribution in [2.45, 2.75) is 44.4 Å². The molecule has 2 saturated heterocycles. The van der Waals surface area contributed by atoms with E-state index in [-0.39, 0.29) is 0 Å². The number of carbonyl (C=O) groups excluding carboxylic acids is 1. The van der Waals surface area contributed by atoms with Crippen molar-refractivity contribution in [1.29, 1.82) is 0 Å². The van der Waals surface area contributed by atoms with Crippen molar-refractivity contribution < 1.29 is 4.79 Å². The molecule has 176 valence electrons. The summed E-state index contributed by atoms with van der Waals surface area (Å²) in [5, 5.41) is 3.67. The van der Waals surface area contributed by atoms with Crippen molar-refractivity contribution in [3.8, 4) is 0 Å². The average molecular weight is 447 g/mol. The molecule has 5 rings (SSSR count). The van der Waals surface area contributed by atoms with E-state index in [1.54, 1.807) is 0 Å². The highest BCUT2D eigenvalue weighted by atomic mass is 16.1. The second kappa shape index (κ2) is 9.96. The number of nitrogens with zero attached hydrogens (tertiary/aromatic N) is 3. The normalized spacial score (nSPS) is 31.0. The van der Waals surface area contributed by atoms with Gasteiger partial charge in [-0.25, -0.2) is 0 Å². The average Bonchev–Trinajstić information content (AvgIpc) is 3.59. The van der Waals surface area contributed by atoms with Gasteiger partial charge in [0.05, 0.1) is 6.04 Å². The number of hydrogen-bond acceptors (Lipinski definition) is 4. The van der Waals surface area contributed by atoms with Gasteiger partial charge in [0.25, 0.3) is 0 Å². The molecule has 2 aliphatic heterocycles. The van der Waals surface area contributed by atoms with Crippen LogP contribution < -0.4 is 5.32 Å². The van der Waals surface area contributed by atoms with Crippen LogP contribution in [0.15, 0.2) is 60.7 Å². The zero-order valence-electron chi connectivity index (χ0n) is 20.0. The Hall–Kier alpha value is -2.21. The molecule has 3 fully saturated rings. The summed E-state index contributed by atoms with van der Waals surface area (Å²) in [5.74, 6) is 1.37. The summed E-state index contributed by atoms with van der Waals surface area (Å²) >= 11 is 0. The molecule has 33 heavy (non-hydrogen) atoms. The highest BCUT2D eigenvalue weighted by Gasteiger charge is 2.49. The summed E-state index contributed by atoms with van der Waals surface area (Å²) in [5.41, 5.74) is 2.75. The molecule has 2 aromatic rings. The molecular weight excluding hydrogens is 408 g/mol. The lowest BCUT2D eigenvalue weighted by atomic mass is 9.96. The molecule has 2 aromatic carbocycles. The molecule has 5 nitrogen and oxygen atoms in total. The standard InChI is InChI=1S/C28H38N4O/c1-21-18-32(20-33)27(22(2)29-21)26-17-25(26)19-30-13-15-31(16-14-30)28(23-9-5-3-6-10-23)24-11-7-4-8-12-24/h3-12,20-22,25-29H,13-19H2,1-2H3. The van der Waals surface area contributed by atoms with Crippen molar-refractivity contribution >= 4 is 6.41 Å². The maximum atomic E-state index is 11.7. The van der Waals surface area contributed by atoms with Crippen molar-refractivity contribution in [2.75, 3.05) is 39.3 Å². The summed E-state index contributed by atoms with van der Waals surface area (Å²) in [4.78, 5) is 19.1. The maximum Gasteiger partial charge on any atom is 0.210 e. The lowest BCUT2D eigenvalue weighted by molar-refractivity contribution is -0.123. The first-order valence-corrected chi connectivity index (χ1v) is 12.7. The fraction of sp³-hybridized carbons (Fsp3) is 0.536. The van der Waals surface area contributed by atoms with Crippen LogP contribution in [0.25, 0.3) is 0 Å². The van der Waals surface area contributed by atoms with Gasteiger partial charge in [-0.3, -0.25) is 9.69 Å². The first-order chi connectivity index (χ1) is 16.1. The van der Waals surface area contributed by atoms with Crippen LogP contribution in [0.3, 0.4) is 0 Å². The highest BCUT2D eigenvalue weighted by Crippen LogP contribution is 2.45. The maximum absolute atomic E-state index is 11.7. The number of hydrogen-bond donors (Lipinski definition) is 1. The lowest BCUT2D eigenvalue weighted by Gasteiger charge is -2.42. The Kier molecular flexibility index (Phi) is 6.81. The van der Waals surface area contributed by atoms with Crippen LogP contribution in [0.4, 0.5) is 0 Å². The van der Waals surface area contributed by atoms with Gasteiger partial charge in [-0.05, 0) is 43.2 Å². The first kappa shape index (κ1) is 22.6. The number of piperazine rings is 2. The van der Waals surface area contributed by atoms with Gasteiger partial charge >= 0.3 is 0 Å². The monoisotopic (exact) mass is 446 g/mol. The minimum absolute atomic E-state index is 0.320. The fourth-order valence-electron chi connectivity index (χ4n) is 6.38. The lowest BCUT2D eigenvalue weighted by Crippen LogP contribution is -2.61. The van der Waals surface area contributed by atoms with Crippen molar-refractivity contribution in [3.05, 3.63) is 71.8 Å². The molecule has 3 aliphatic rings. The van der Waals surface area contributed by atoms with Gasteiger partial charge in [0.2, 0.25) is 6.41 Å². The van der Waals surface area contributed by atoms with Gasteiger partial charge in [0.15, 0.2) is 0 Å². The van der Waals surface area contributed by atoms with Gasteiger partial charge in [-0.15, -0.1) is 0 Å². The van der Waals surface area contributed by atoms with E-state index < -0.39 is 0 Å². The van der Waals surface area contributed by atoms with E-state index in [0.717, 1.165) is 45.1 Å². The van der Waals surface area contributed by atoms with E-state index in [2.05, 4.69) is 94.5 Å². The zero-order chi connectivity index (χ0) is 22.8. The topological polar surface area (TPSA) is 38.8 Å². The second-order valence-corrected chi connectivity index (χ2v) is 10.4. The molecule has 1 N–H and O–H groups in total. The predicted molar refractivity (Wildman–Crippen MR) is 133 cm³/mol. The summed E-state index contributed by atoms with van der Waals surface area (Å²) < 4.78 is 0. The summed E-state index contributed by atoms with van der Waals surface area (Å²) in [6.45, 7) is 10.8. The molecule has 5 heteroatoms. The number of rotatable bonds is 7. The molecule has 1 aliphatic carbocycles. The van der Waals surface area contributed by atoms with Crippen LogP contribution in [0, 0.1) is 11.8 Å². The molecule has 0 spiro atoms. The molecular formula is C28H38N4O. The summed E-state index contributed by atoms with van der Waals surface area (Å²) in [6, 6.07) is 23.3.